The zero-order valence-corrected chi connectivity index (χ0v) is 10.1. The monoisotopic (exact) mass is 279 g/mol. The van der Waals surface area contributed by atoms with Crippen LogP contribution in [0.1, 0.15) is 16.8 Å². The van der Waals surface area contributed by atoms with Gasteiger partial charge in [-0.05, 0) is 18.6 Å². The number of para-hydroxylation sites is 1. The fourth-order valence-electron chi connectivity index (χ4n) is 1.71. The summed E-state index contributed by atoms with van der Waals surface area (Å²) < 4.78 is -1.21. The molecule has 1 N–H and O–H groups in total. The lowest BCUT2D eigenvalue weighted by Crippen LogP contribution is -2.48. The third-order valence-electron chi connectivity index (χ3n) is 2.57. The number of hydrogen-bond acceptors (Lipinski definition) is 2. The number of carbonyl (C=O) groups is 2. The van der Waals surface area contributed by atoms with E-state index in [4.69, 9.17) is 0 Å². The lowest BCUT2D eigenvalue weighted by atomic mass is 9.89. The van der Waals surface area contributed by atoms with Crippen LogP contribution in [0.5, 0.6) is 0 Å². The first-order chi connectivity index (χ1) is 7.59. The van der Waals surface area contributed by atoms with E-state index in [1.54, 1.807) is 30.3 Å². The van der Waals surface area contributed by atoms with Crippen molar-refractivity contribution in [1.82, 2.24) is 0 Å². The summed E-state index contributed by atoms with van der Waals surface area (Å²) in [5.41, 5.74) is 1.09. The summed E-state index contributed by atoms with van der Waals surface area (Å²) in [5.74, 6) is -0.553. The largest absolute Gasteiger partial charge is 0.324 e. The molecule has 1 atom stereocenters. The van der Waals surface area contributed by atoms with Crippen LogP contribution in [0.15, 0.2) is 36.9 Å². The van der Waals surface area contributed by atoms with Gasteiger partial charge in [0.25, 0.3) is 0 Å². The maximum absolute atomic E-state index is 12.2. The van der Waals surface area contributed by atoms with Crippen molar-refractivity contribution >= 4 is 33.3 Å². The van der Waals surface area contributed by atoms with Gasteiger partial charge in [-0.25, -0.2) is 0 Å². The van der Waals surface area contributed by atoms with Crippen molar-refractivity contribution in [3.05, 3.63) is 42.5 Å². The standard InChI is InChI=1S/C12H10BrNO2/c1-2-7-12(13)10(15)8-5-3-4-6-9(8)14-11(12)16/h2-6H,1,7H2,(H,14,16). The normalized spacial score (nSPS) is 23.6. The molecule has 1 aliphatic rings. The quantitative estimate of drug-likeness (QED) is 0.514. The molecule has 1 aliphatic heterocycles. The summed E-state index contributed by atoms with van der Waals surface area (Å²) in [4.78, 5) is 24.0. The van der Waals surface area contributed by atoms with E-state index >= 15 is 0 Å². The number of Topliss-reactive ketones (excluding diaryl/α,β-unsaturated/α-hetero) is 1. The Morgan fingerprint density at radius 3 is 2.75 bits per heavy atom. The number of halogens is 1. The van der Waals surface area contributed by atoms with Crippen molar-refractivity contribution in [1.29, 1.82) is 0 Å². The summed E-state index contributed by atoms with van der Waals surface area (Å²) in [5, 5.41) is 2.71. The maximum Gasteiger partial charge on any atom is 0.249 e. The molecular formula is C12H10BrNO2. The number of benzene rings is 1. The molecule has 0 spiro atoms. The molecule has 1 aromatic carbocycles. The molecule has 1 amide bonds. The van der Waals surface area contributed by atoms with Crippen molar-refractivity contribution in [3.63, 3.8) is 0 Å². The highest BCUT2D eigenvalue weighted by Gasteiger charge is 2.46. The highest BCUT2D eigenvalue weighted by atomic mass is 79.9. The Morgan fingerprint density at radius 2 is 2.06 bits per heavy atom. The van der Waals surface area contributed by atoms with Crippen LogP contribution in [-0.4, -0.2) is 16.0 Å². The first-order valence-electron chi connectivity index (χ1n) is 4.84. The van der Waals surface area contributed by atoms with Gasteiger partial charge in [0.1, 0.15) is 0 Å². The second-order valence-electron chi connectivity index (χ2n) is 3.62. The molecule has 1 heterocycles. The number of alkyl halides is 1. The number of anilines is 1. The number of rotatable bonds is 2. The molecule has 4 heteroatoms. The van der Waals surface area contributed by atoms with Crippen molar-refractivity contribution in [2.75, 3.05) is 5.32 Å². The van der Waals surface area contributed by atoms with Crippen LogP contribution >= 0.6 is 15.9 Å². The number of nitrogens with one attached hydrogen (secondary N) is 1. The van der Waals surface area contributed by atoms with Crippen LogP contribution in [-0.2, 0) is 4.79 Å². The number of allylic oxidation sites excluding steroid dienone is 1. The number of carbonyl (C=O) groups excluding carboxylic acids is 2. The second-order valence-corrected chi connectivity index (χ2v) is 4.98. The molecule has 0 saturated carbocycles. The van der Waals surface area contributed by atoms with Gasteiger partial charge >= 0.3 is 0 Å². The van der Waals surface area contributed by atoms with E-state index < -0.39 is 4.32 Å². The molecule has 2 rings (SSSR count). The van der Waals surface area contributed by atoms with Crippen molar-refractivity contribution in [3.8, 4) is 0 Å². The lowest BCUT2D eigenvalue weighted by molar-refractivity contribution is -0.117. The summed E-state index contributed by atoms with van der Waals surface area (Å²) in [7, 11) is 0. The Morgan fingerprint density at radius 1 is 1.38 bits per heavy atom. The third-order valence-corrected chi connectivity index (χ3v) is 3.61. The first-order valence-corrected chi connectivity index (χ1v) is 5.64. The van der Waals surface area contributed by atoms with E-state index in [1.807, 2.05) is 0 Å². The minimum atomic E-state index is -1.21. The van der Waals surface area contributed by atoms with Crippen molar-refractivity contribution < 1.29 is 9.59 Å². The molecule has 1 aromatic rings. The van der Waals surface area contributed by atoms with Crippen LogP contribution in [0.25, 0.3) is 0 Å². The Kier molecular flexibility index (Phi) is 2.68. The number of amides is 1. The second kappa shape index (κ2) is 3.87. The van der Waals surface area contributed by atoms with E-state index in [0.29, 0.717) is 11.3 Å². The zero-order valence-electron chi connectivity index (χ0n) is 8.50. The summed E-state index contributed by atoms with van der Waals surface area (Å²) in [6.45, 7) is 3.56. The van der Waals surface area contributed by atoms with Gasteiger partial charge in [0.2, 0.25) is 5.91 Å². The van der Waals surface area contributed by atoms with Crippen LogP contribution in [0.2, 0.25) is 0 Å². The number of ketones is 1. The van der Waals surface area contributed by atoms with Gasteiger partial charge in [0.15, 0.2) is 10.1 Å². The molecule has 0 bridgehead atoms. The van der Waals surface area contributed by atoms with Crippen LogP contribution in [0.4, 0.5) is 5.69 Å². The van der Waals surface area contributed by atoms with Gasteiger partial charge in [-0.15, -0.1) is 6.58 Å². The zero-order chi connectivity index (χ0) is 11.8. The van der Waals surface area contributed by atoms with E-state index in [2.05, 4.69) is 27.8 Å². The summed E-state index contributed by atoms with van der Waals surface area (Å²) >= 11 is 3.22. The van der Waals surface area contributed by atoms with Crippen LogP contribution in [0.3, 0.4) is 0 Å². The molecular weight excluding hydrogens is 270 g/mol. The van der Waals surface area contributed by atoms with Crippen LogP contribution in [0, 0.1) is 0 Å². The topological polar surface area (TPSA) is 46.2 Å². The highest BCUT2D eigenvalue weighted by molar-refractivity contribution is 9.10. The first kappa shape index (κ1) is 11.1. The Bertz CT molecular complexity index is 484. The van der Waals surface area contributed by atoms with Crippen LogP contribution < -0.4 is 5.32 Å². The smallest absolute Gasteiger partial charge is 0.249 e. The fourth-order valence-corrected chi connectivity index (χ4v) is 2.25. The Balaban J connectivity index is 2.53. The SMILES string of the molecule is C=CCC1(Br)C(=O)Nc2ccccc2C1=O. The molecule has 0 fully saturated rings. The maximum atomic E-state index is 12.2. The molecule has 3 nitrogen and oxygen atoms in total. The lowest BCUT2D eigenvalue weighted by Gasteiger charge is -2.29. The molecule has 0 aromatic heterocycles. The summed E-state index contributed by atoms with van der Waals surface area (Å²) in [6.07, 6.45) is 1.83. The molecule has 82 valence electrons. The molecule has 0 saturated heterocycles. The third kappa shape index (κ3) is 1.50. The Labute approximate surface area is 102 Å². The molecule has 16 heavy (non-hydrogen) atoms. The molecule has 0 aliphatic carbocycles. The highest BCUT2D eigenvalue weighted by Crippen LogP contribution is 2.36. The summed E-state index contributed by atoms with van der Waals surface area (Å²) in [6, 6.07) is 6.97. The van der Waals surface area contributed by atoms with Gasteiger partial charge < -0.3 is 5.32 Å². The van der Waals surface area contributed by atoms with E-state index in [9.17, 15) is 9.59 Å². The van der Waals surface area contributed by atoms with Gasteiger partial charge in [0.05, 0.1) is 5.69 Å². The van der Waals surface area contributed by atoms with Gasteiger partial charge in [-0.2, -0.15) is 0 Å². The van der Waals surface area contributed by atoms with E-state index in [1.165, 1.54) is 0 Å². The van der Waals surface area contributed by atoms with Gasteiger partial charge in [-0.3, -0.25) is 9.59 Å². The predicted molar refractivity (Wildman–Crippen MR) is 65.9 cm³/mol. The minimum absolute atomic E-state index is 0.216. The number of fused-ring (bicyclic) bond motifs is 1. The minimum Gasteiger partial charge on any atom is -0.324 e. The fraction of sp³-hybridized carbons (Fsp3) is 0.167. The van der Waals surface area contributed by atoms with E-state index in [0.717, 1.165) is 0 Å². The molecule has 1 unspecified atom stereocenters. The van der Waals surface area contributed by atoms with Crippen molar-refractivity contribution in [2.45, 2.75) is 10.7 Å². The average Bonchev–Trinajstić information content (AvgIpc) is 2.27. The van der Waals surface area contributed by atoms with E-state index in [-0.39, 0.29) is 18.1 Å². The Hall–Kier alpha value is -1.42. The molecule has 0 radical (unpaired) electrons. The van der Waals surface area contributed by atoms with Crippen molar-refractivity contribution in [2.24, 2.45) is 0 Å². The van der Waals surface area contributed by atoms with Gasteiger partial charge in [0, 0.05) is 5.56 Å². The average molecular weight is 280 g/mol. The number of hydrogen-bond donors (Lipinski definition) is 1. The predicted octanol–water partition coefficient (Wildman–Crippen LogP) is 2.53. The van der Waals surface area contributed by atoms with Gasteiger partial charge in [-0.1, -0.05) is 34.1 Å².